The van der Waals surface area contributed by atoms with Crippen molar-refractivity contribution in [3.8, 4) is 0 Å². The van der Waals surface area contributed by atoms with Gasteiger partial charge in [0.15, 0.2) is 6.29 Å². The van der Waals surface area contributed by atoms with Crippen LogP contribution in [0.1, 0.15) is 219 Å². The number of aliphatic hydroxyl groups excluding tert-OH is 4. The maximum absolute atomic E-state index is 12.7. The van der Waals surface area contributed by atoms with E-state index in [1.54, 1.807) is 0 Å². The first kappa shape index (κ1) is 51.2. The Morgan fingerprint density at radius 2 is 0.907 bits per heavy atom. The summed E-state index contributed by atoms with van der Waals surface area (Å²) in [6.07, 6.45) is 32.9. The van der Waals surface area contributed by atoms with Crippen molar-refractivity contribution in [2.45, 2.75) is 256 Å². The molecule has 4 N–H and O–H groups in total. The van der Waals surface area contributed by atoms with Crippen LogP contribution in [0, 0.1) is 0 Å². The normalized spacial score (nSPS) is 20.7. The van der Waals surface area contributed by atoms with Crippen molar-refractivity contribution in [2.75, 3.05) is 26.4 Å². The van der Waals surface area contributed by atoms with E-state index in [9.17, 15) is 25.2 Å². The molecule has 9 nitrogen and oxygen atoms in total. The van der Waals surface area contributed by atoms with Gasteiger partial charge in [-0.15, -0.1) is 0 Å². The van der Waals surface area contributed by atoms with E-state index < -0.39 is 43.4 Å². The lowest BCUT2D eigenvalue weighted by atomic mass is 9.99. The maximum Gasteiger partial charge on any atom is 0.306 e. The molecule has 322 valence electrons. The molecule has 0 radical (unpaired) electrons. The molecular formula is C45H88O9. The first-order chi connectivity index (χ1) is 26.4. The van der Waals surface area contributed by atoms with Gasteiger partial charge in [0, 0.05) is 13.0 Å². The summed E-state index contributed by atoms with van der Waals surface area (Å²) in [6.45, 7) is 4.58. The number of carbonyl (C=O) groups excluding carboxylic acids is 1. The lowest BCUT2D eigenvalue weighted by Gasteiger charge is -2.39. The fourth-order valence-corrected chi connectivity index (χ4v) is 7.38. The average Bonchev–Trinajstić information content (AvgIpc) is 3.17. The van der Waals surface area contributed by atoms with Crippen LogP contribution in [0.2, 0.25) is 0 Å². The molecule has 0 aromatic carbocycles. The van der Waals surface area contributed by atoms with Gasteiger partial charge in [0.2, 0.25) is 0 Å². The highest BCUT2D eigenvalue weighted by Crippen LogP contribution is 2.23. The second kappa shape index (κ2) is 37.7. The fourth-order valence-electron chi connectivity index (χ4n) is 7.38. The van der Waals surface area contributed by atoms with E-state index in [1.807, 2.05) is 0 Å². The molecule has 0 bridgehead atoms. The highest BCUT2D eigenvalue weighted by Gasteiger charge is 2.44. The van der Waals surface area contributed by atoms with Crippen LogP contribution >= 0.6 is 0 Å². The molecular weight excluding hydrogens is 684 g/mol. The molecule has 0 aromatic heterocycles. The molecule has 0 aromatic rings. The largest absolute Gasteiger partial charge is 0.457 e. The first-order valence-corrected chi connectivity index (χ1v) is 23.1. The van der Waals surface area contributed by atoms with Crippen molar-refractivity contribution < 1.29 is 44.2 Å². The molecule has 0 aliphatic carbocycles. The summed E-state index contributed by atoms with van der Waals surface area (Å²) in [5.41, 5.74) is 0. The molecule has 0 spiro atoms. The summed E-state index contributed by atoms with van der Waals surface area (Å²) in [7, 11) is 0. The van der Waals surface area contributed by atoms with Gasteiger partial charge in [0.25, 0.3) is 0 Å². The van der Waals surface area contributed by atoms with Crippen LogP contribution in [0.4, 0.5) is 0 Å². The second-order valence-corrected chi connectivity index (χ2v) is 16.2. The Kier molecular flexibility index (Phi) is 35.8. The molecule has 54 heavy (non-hydrogen) atoms. The number of ether oxygens (including phenoxy) is 4. The fraction of sp³-hybridized carbons (Fsp3) is 0.978. The van der Waals surface area contributed by atoms with Crippen LogP contribution in [0.25, 0.3) is 0 Å². The van der Waals surface area contributed by atoms with Crippen LogP contribution in [-0.2, 0) is 23.7 Å². The molecule has 1 rings (SSSR count). The number of unbranched alkanes of at least 4 members (excludes halogenated alkanes) is 29. The Labute approximate surface area is 332 Å². The van der Waals surface area contributed by atoms with Crippen LogP contribution in [0.5, 0.6) is 0 Å². The zero-order valence-electron chi connectivity index (χ0n) is 35.3. The third kappa shape index (κ3) is 28.6. The van der Waals surface area contributed by atoms with Crippen molar-refractivity contribution in [3.05, 3.63) is 0 Å². The molecule has 1 aliphatic rings. The average molecular weight is 773 g/mol. The van der Waals surface area contributed by atoms with E-state index in [4.69, 9.17) is 18.9 Å². The van der Waals surface area contributed by atoms with Gasteiger partial charge in [-0.05, 0) is 12.8 Å². The Balaban J connectivity index is 2.15. The van der Waals surface area contributed by atoms with Crippen molar-refractivity contribution in [2.24, 2.45) is 0 Å². The molecule has 1 saturated heterocycles. The molecule has 0 saturated carbocycles. The van der Waals surface area contributed by atoms with Crippen LogP contribution in [0.3, 0.4) is 0 Å². The maximum atomic E-state index is 12.7. The monoisotopic (exact) mass is 773 g/mol. The van der Waals surface area contributed by atoms with Gasteiger partial charge in [-0.25, -0.2) is 0 Å². The van der Waals surface area contributed by atoms with Gasteiger partial charge in [-0.3, -0.25) is 4.79 Å². The lowest BCUT2D eigenvalue weighted by molar-refractivity contribution is -0.305. The van der Waals surface area contributed by atoms with Gasteiger partial charge < -0.3 is 39.4 Å². The van der Waals surface area contributed by atoms with Gasteiger partial charge >= 0.3 is 5.97 Å². The molecule has 6 unspecified atom stereocenters. The summed E-state index contributed by atoms with van der Waals surface area (Å²) in [6, 6.07) is 0. The topological polar surface area (TPSA) is 135 Å². The predicted octanol–water partition coefficient (Wildman–Crippen LogP) is 10.3. The Bertz CT molecular complexity index is 797. The van der Waals surface area contributed by atoms with E-state index in [-0.39, 0.29) is 19.2 Å². The molecule has 0 amide bonds. The lowest BCUT2D eigenvalue weighted by Crippen LogP contribution is -2.59. The van der Waals surface area contributed by atoms with E-state index in [0.29, 0.717) is 13.0 Å². The first-order valence-electron chi connectivity index (χ1n) is 23.1. The number of esters is 1. The number of hydrogen-bond donors (Lipinski definition) is 4. The molecule has 1 fully saturated rings. The summed E-state index contributed by atoms with van der Waals surface area (Å²) in [5, 5.41) is 40.0. The van der Waals surface area contributed by atoms with Gasteiger partial charge in [-0.1, -0.05) is 200 Å². The smallest absolute Gasteiger partial charge is 0.306 e. The second-order valence-electron chi connectivity index (χ2n) is 16.2. The van der Waals surface area contributed by atoms with Crippen molar-refractivity contribution in [1.82, 2.24) is 0 Å². The Hall–Kier alpha value is -0.810. The SMILES string of the molecule is CCCCCCCCCCCCCCCCCCCCCCCCOCC(COC1OC(CO)C(O)C(O)C1O)OC(=O)CCCCCCCCCCC. The minimum Gasteiger partial charge on any atom is -0.457 e. The van der Waals surface area contributed by atoms with E-state index in [0.717, 1.165) is 32.1 Å². The van der Waals surface area contributed by atoms with E-state index in [2.05, 4.69) is 13.8 Å². The van der Waals surface area contributed by atoms with Crippen molar-refractivity contribution in [3.63, 3.8) is 0 Å². The van der Waals surface area contributed by atoms with Crippen LogP contribution in [0.15, 0.2) is 0 Å². The van der Waals surface area contributed by atoms with Gasteiger partial charge in [-0.2, -0.15) is 0 Å². The van der Waals surface area contributed by atoms with Crippen LogP contribution < -0.4 is 0 Å². The summed E-state index contributed by atoms with van der Waals surface area (Å²) < 4.78 is 22.8. The summed E-state index contributed by atoms with van der Waals surface area (Å²) in [5.74, 6) is -0.312. The minimum atomic E-state index is -1.53. The summed E-state index contributed by atoms with van der Waals surface area (Å²) in [4.78, 5) is 12.7. The third-order valence-corrected chi connectivity index (χ3v) is 11.0. The Morgan fingerprint density at radius 1 is 0.519 bits per heavy atom. The molecule has 6 atom stereocenters. The molecule has 9 heteroatoms. The zero-order valence-corrected chi connectivity index (χ0v) is 35.3. The summed E-state index contributed by atoms with van der Waals surface area (Å²) >= 11 is 0. The highest BCUT2D eigenvalue weighted by atomic mass is 16.7. The van der Waals surface area contributed by atoms with E-state index in [1.165, 1.54) is 167 Å². The highest BCUT2D eigenvalue weighted by molar-refractivity contribution is 5.69. The predicted molar refractivity (Wildman–Crippen MR) is 220 cm³/mol. The number of carbonyl (C=O) groups is 1. The van der Waals surface area contributed by atoms with Crippen molar-refractivity contribution in [1.29, 1.82) is 0 Å². The quantitative estimate of drug-likeness (QED) is 0.0355. The molecule has 1 heterocycles. The number of aliphatic hydroxyl groups is 4. The van der Waals surface area contributed by atoms with Gasteiger partial charge in [0.1, 0.15) is 30.5 Å². The number of rotatable bonds is 40. The molecule has 1 aliphatic heterocycles. The number of hydrogen-bond acceptors (Lipinski definition) is 9. The van der Waals surface area contributed by atoms with Gasteiger partial charge in [0.05, 0.1) is 19.8 Å². The van der Waals surface area contributed by atoms with Crippen molar-refractivity contribution >= 4 is 5.97 Å². The standard InChI is InChI=1S/C45H88O9/c1-3-5-7-9-11-13-14-15-16-17-18-19-20-21-22-23-24-25-27-29-31-33-35-51-37-39(38-52-45-44(50)43(49)42(48)40(36-46)54-45)53-41(47)34-32-30-28-26-12-10-8-6-4-2/h39-40,42-46,48-50H,3-38H2,1-2H3. The van der Waals surface area contributed by atoms with E-state index >= 15 is 0 Å². The minimum absolute atomic E-state index is 0.106. The van der Waals surface area contributed by atoms with Crippen LogP contribution in [-0.4, -0.2) is 89.6 Å². The zero-order chi connectivity index (χ0) is 39.3. The Morgan fingerprint density at radius 3 is 1.31 bits per heavy atom. The third-order valence-electron chi connectivity index (χ3n) is 11.0.